The Hall–Kier alpha value is -3.93. The van der Waals surface area contributed by atoms with Crippen molar-refractivity contribution in [2.24, 2.45) is 0 Å². The Labute approximate surface area is 187 Å². The average molecular weight is 427 g/mol. The van der Waals surface area contributed by atoms with E-state index in [0.717, 1.165) is 33.4 Å². The van der Waals surface area contributed by atoms with Crippen LogP contribution < -0.4 is 10.6 Å². The Balaban J connectivity index is 1.56. The van der Waals surface area contributed by atoms with E-state index in [-0.39, 0.29) is 24.9 Å². The summed E-state index contributed by atoms with van der Waals surface area (Å²) in [5, 5.41) is 5.95. The highest BCUT2D eigenvalue weighted by Gasteiger charge is 2.16. The lowest BCUT2D eigenvalue weighted by molar-refractivity contribution is -0.116. The van der Waals surface area contributed by atoms with Crippen LogP contribution in [0.4, 0.5) is 5.69 Å². The number of para-hydroxylation sites is 2. The fourth-order valence-electron chi connectivity index (χ4n) is 3.74. The Morgan fingerprint density at radius 1 is 0.875 bits per heavy atom. The molecule has 32 heavy (non-hydrogen) atoms. The summed E-state index contributed by atoms with van der Waals surface area (Å²) in [4.78, 5) is 30.2. The van der Waals surface area contributed by atoms with Crippen LogP contribution in [0.3, 0.4) is 0 Å². The van der Waals surface area contributed by atoms with Gasteiger partial charge in [0.25, 0.3) is 5.91 Å². The van der Waals surface area contributed by atoms with E-state index in [1.165, 1.54) is 0 Å². The van der Waals surface area contributed by atoms with E-state index in [4.69, 9.17) is 0 Å². The molecule has 2 amide bonds. The second-order valence-electron chi connectivity index (χ2n) is 7.90. The summed E-state index contributed by atoms with van der Waals surface area (Å²) in [5.74, 6) is 0.319. The van der Waals surface area contributed by atoms with Crippen molar-refractivity contribution in [1.82, 2.24) is 14.9 Å². The SMILES string of the molecule is Cc1ccccc1C(=O)NCc1nc2ccccc2n1CC(=O)Nc1cccc(C)c1C. The van der Waals surface area contributed by atoms with Crippen LogP contribution in [0, 0.1) is 20.8 Å². The number of nitrogens with zero attached hydrogens (tertiary/aromatic N) is 2. The molecule has 4 aromatic rings. The van der Waals surface area contributed by atoms with Crippen LogP contribution in [-0.4, -0.2) is 21.4 Å². The number of amides is 2. The maximum atomic E-state index is 12.9. The summed E-state index contributed by atoms with van der Waals surface area (Å²) in [6, 6.07) is 20.9. The van der Waals surface area contributed by atoms with Crippen LogP contribution in [-0.2, 0) is 17.9 Å². The number of carbonyl (C=O) groups excluding carboxylic acids is 2. The van der Waals surface area contributed by atoms with Gasteiger partial charge in [-0.25, -0.2) is 4.98 Å². The molecule has 0 spiro atoms. The molecule has 0 bridgehead atoms. The average Bonchev–Trinajstić information content (AvgIpc) is 3.13. The molecule has 6 heteroatoms. The highest BCUT2D eigenvalue weighted by atomic mass is 16.2. The normalized spacial score (nSPS) is 10.8. The maximum absolute atomic E-state index is 12.9. The highest BCUT2D eigenvalue weighted by molar-refractivity contribution is 5.95. The summed E-state index contributed by atoms with van der Waals surface area (Å²) in [6.07, 6.45) is 0. The molecule has 0 saturated heterocycles. The maximum Gasteiger partial charge on any atom is 0.251 e. The Morgan fingerprint density at radius 2 is 1.59 bits per heavy atom. The molecule has 3 aromatic carbocycles. The molecular weight excluding hydrogens is 400 g/mol. The third-order valence-corrected chi connectivity index (χ3v) is 5.71. The molecule has 0 atom stereocenters. The highest BCUT2D eigenvalue weighted by Crippen LogP contribution is 2.20. The molecule has 0 unspecified atom stereocenters. The molecule has 2 N–H and O–H groups in total. The fraction of sp³-hybridized carbons (Fsp3) is 0.192. The number of hydrogen-bond donors (Lipinski definition) is 2. The van der Waals surface area contributed by atoms with Gasteiger partial charge in [-0.15, -0.1) is 0 Å². The number of imidazole rings is 1. The lowest BCUT2D eigenvalue weighted by atomic mass is 10.1. The van der Waals surface area contributed by atoms with Crippen LogP contribution in [0.25, 0.3) is 11.0 Å². The minimum atomic E-state index is -0.165. The second kappa shape index (κ2) is 9.06. The van der Waals surface area contributed by atoms with Crippen LogP contribution >= 0.6 is 0 Å². The molecular formula is C26H26N4O2. The third kappa shape index (κ3) is 4.39. The summed E-state index contributed by atoms with van der Waals surface area (Å²) in [7, 11) is 0. The first-order valence-electron chi connectivity index (χ1n) is 10.6. The van der Waals surface area contributed by atoms with E-state index in [1.54, 1.807) is 6.07 Å². The van der Waals surface area contributed by atoms with Gasteiger partial charge in [0.05, 0.1) is 17.6 Å². The molecule has 0 saturated carbocycles. The smallest absolute Gasteiger partial charge is 0.251 e. The molecule has 0 radical (unpaired) electrons. The van der Waals surface area contributed by atoms with Gasteiger partial charge in [-0.1, -0.05) is 42.5 Å². The summed E-state index contributed by atoms with van der Waals surface area (Å²) >= 11 is 0. The largest absolute Gasteiger partial charge is 0.345 e. The van der Waals surface area contributed by atoms with E-state index in [2.05, 4.69) is 15.6 Å². The van der Waals surface area contributed by atoms with E-state index in [9.17, 15) is 9.59 Å². The zero-order chi connectivity index (χ0) is 22.7. The van der Waals surface area contributed by atoms with Crippen molar-refractivity contribution in [1.29, 1.82) is 0 Å². The second-order valence-corrected chi connectivity index (χ2v) is 7.90. The molecule has 4 rings (SSSR count). The van der Waals surface area contributed by atoms with Crippen molar-refractivity contribution in [3.63, 3.8) is 0 Å². The van der Waals surface area contributed by atoms with Gasteiger partial charge in [0, 0.05) is 11.3 Å². The monoisotopic (exact) mass is 426 g/mol. The summed E-state index contributed by atoms with van der Waals surface area (Å²) in [6.45, 7) is 6.23. The zero-order valence-electron chi connectivity index (χ0n) is 18.5. The first-order valence-corrected chi connectivity index (χ1v) is 10.6. The van der Waals surface area contributed by atoms with Gasteiger partial charge in [-0.05, 0) is 61.7 Å². The third-order valence-electron chi connectivity index (χ3n) is 5.71. The van der Waals surface area contributed by atoms with E-state index in [0.29, 0.717) is 11.4 Å². The first-order chi connectivity index (χ1) is 15.4. The van der Waals surface area contributed by atoms with Crippen molar-refractivity contribution in [2.45, 2.75) is 33.9 Å². The van der Waals surface area contributed by atoms with E-state index >= 15 is 0 Å². The van der Waals surface area contributed by atoms with Crippen LogP contribution in [0.1, 0.15) is 32.9 Å². The number of nitrogens with one attached hydrogen (secondary N) is 2. The topological polar surface area (TPSA) is 76.0 Å². The Bertz CT molecular complexity index is 1310. The van der Waals surface area contributed by atoms with Gasteiger partial charge in [-0.2, -0.15) is 0 Å². The van der Waals surface area contributed by atoms with Crippen molar-refractivity contribution in [3.05, 3.63) is 94.8 Å². The number of aromatic nitrogens is 2. The van der Waals surface area contributed by atoms with Crippen molar-refractivity contribution in [2.75, 3.05) is 5.32 Å². The fourth-order valence-corrected chi connectivity index (χ4v) is 3.74. The van der Waals surface area contributed by atoms with Gasteiger partial charge >= 0.3 is 0 Å². The molecule has 1 heterocycles. The number of hydrogen-bond acceptors (Lipinski definition) is 3. The quantitative estimate of drug-likeness (QED) is 0.476. The molecule has 162 valence electrons. The molecule has 1 aromatic heterocycles. The minimum Gasteiger partial charge on any atom is -0.345 e. The van der Waals surface area contributed by atoms with Gasteiger partial charge < -0.3 is 15.2 Å². The predicted molar refractivity (Wildman–Crippen MR) is 127 cm³/mol. The van der Waals surface area contributed by atoms with Gasteiger partial charge in [0.2, 0.25) is 5.91 Å². The molecule has 6 nitrogen and oxygen atoms in total. The molecule has 0 fully saturated rings. The number of fused-ring (bicyclic) bond motifs is 1. The van der Waals surface area contributed by atoms with E-state index in [1.807, 2.05) is 86.0 Å². The summed E-state index contributed by atoms with van der Waals surface area (Å²) in [5.41, 5.74) is 6.14. The summed E-state index contributed by atoms with van der Waals surface area (Å²) < 4.78 is 1.86. The Morgan fingerprint density at radius 3 is 2.41 bits per heavy atom. The predicted octanol–water partition coefficient (Wildman–Crippen LogP) is 4.53. The number of carbonyl (C=O) groups is 2. The standard InChI is InChI=1S/C26H26N4O2/c1-17-10-8-13-21(19(17)3)29-25(31)16-30-23-14-7-6-12-22(23)28-24(30)15-27-26(32)20-11-5-4-9-18(20)2/h4-14H,15-16H2,1-3H3,(H,27,32)(H,29,31). The lowest BCUT2D eigenvalue weighted by Gasteiger charge is -2.13. The van der Waals surface area contributed by atoms with Crippen molar-refractivity contribution < 1.29 is 9.59 Å². The number of aryl methyl sites for hydroxylation is 2. The van der Waals surface area contributed by atoms with Crippen LogP contribution in [0.15, 0.2) is 66.7 Å². The van der Waals surface area contributed by atoms with Gasteiger partial charge in [-0.3, -0.25) is 9.59 Å². The van der Waals surface area contributed by atoms with E-state index < -0.39 is 0 Å². The molecule has 0 aliphatic carbocycles. The first kappa shape index (κ1) is 21.3. The Kier molecular flexibility index (Phi) is 6.03. The molecule has 0 aliphatic heterocycles. The minimum absolute atomic E-state index is 0.101. The molecule has 0 aliphatic rings. The van der Waals surface area contributed by atoms with Gasteiger partial charge in [0.15, 0.2) is 0 Å². The van der Waals surface area contributed by atoms with Crippen molar-refractivity contribution in [3.8, 4) is 0 Å². The lowest BCUT2D eigenvalue weighted by Crippen LogP contribution is -2.27. The number of anilines is 1. The number of benzene rings is 3. The van der Waals surface area contributed by atoms with Gasteiger partial charge in [0.1, 0.15) is 12.4 Å². The zero-order valence-corrected chi connectivity index (χ0v) is 18.5. The number of rotatable bonds is 6. The van der Waals surface area contributed by atoms with Crippen LogP contribution in [0.5, 0.6) is 0 Å². The van der Waals surface area contributed by atoms with Crippen molar-refractivity contribution >= 4 is 28.5 Å². The van der Waals surface area contributed by atoms with Crippen LogP contribution in [0.2, 0.25) is 0 Å².